The number of aryl methyl sites for hydroxylation is 1. The van der Waals surface area contributed by atoms with E-state index in [1.54, 1.807) is 17.5 Å². The highest BCUT2D eigenvalue weighted by molar-refractivity contribution is 7.07. The maximum Gasteiger partial charge on any atom is 0.225 e. The highest BCUT2D eigenvalue weighted by Gasteiger charge is 2.57. The summed E-state index contributed by atoms with van der Waals surface area (Å²) in [6.07, 6.45) is 7.78. The summed E-state index contributed by atoms with van der Waals surface area (Å²) in [5.74, 6) is 0.261. The van der Waals surface area contributed by atoms with Crippen molar-refractivity contribution < 1.29 is 4.79 Å². The molecule has 144 valence electrons. The van der Waals surface area contributed by atoms with E-state index in [9.17, 15) is 4.79 Å². The number of hydrogen-bond donors (Lipinski definition) is 1. The Bertz CT molecular complexity index is 671. The van der Waals surface area contributed by atoms with Crippen molar-refractivity contribution in [2.75, 3.05) is 13.1 Å². The summed E-state index contributed by atoms with van der Waals surface area (Å²) in [5.41, 5.74) is 1.63. The summed E-state index contributed by atoms with van der Waals surface area (Å²) in [6.45, 7) is 3.59. The highest BCUT2D eigenvalue weighted by atomic mass is 35.5. The van der Waals surface area contributed by atoms with Crippen molar-refractivity contribution in [1.82, 2.24) is 20.0 Å². The lowest BCUT2D eigenvalue weighted by Crippen LogP contribution is -2.39. The smallest absolute Gasteiger partial charge is 0.225 e. The van der Waals surface area contributed by atoms with Crippen LogP contribution in [-0.2, 0) is 17.9 Å². The second-order valence-corrected chi connectivity index (χ2v) is 7.78. The van der Waals surface area contributed by atoms with Gasteiger partial charge in [-0.05, 0) is 66.2 Å². The van der Waals surface area contributed by atoms with Crippen LogP contribution in [0.15, 0.2) is 35.3 Å². The molecular formula is C18H26Cl2N4OS. The first-order valence-electron chi connectivity index (χ1n) is 8.76. The van der Waals surface area contributed by atoms with Crippen molar-refractivity contribution >= 4 is 42.1 Å². The molecule has 0 radical (unpaired) electrons. The van der Waals surface area contributed by atoms with Crippen molar-refractivity contribution in [2.24, 2.45) is 5.41 Å². The van der Waals surface area contributed by atoms with Crippen LogP contribution < -0.4 is 5.32 Å². The molecule has 0 bridgehead atoms. The van der Waals surface area contributed by atoms with Gasteiger partial charge in [0.25, 0.3) is 0 Å². The number of aromatic nitrogens is 2. The van der Waals surface area contributed by atoms with Crippen LogP contribution in [0.1, 0.15) is 31.2 Å². The number of amides is 1. The zero-order valence-corrected chi connectivity index (χ0v) is 17.1. The van der Waals surface area contributed by atoms with Crippen molar-refractivity contribution in [3.63, 3.8) is 0 Å². The number of nitrogens with one attached hydrogen (secondary N) is 1. The largest absolute Gasteiger partial charge is 0.335 e. The van der Waals surface area contributed by atoms with Gasteiger partial charge in [-0.15, -0.1) is 24.8 Å². The van der Waals surface area contributed by atoms with Crippen molar-refractivity contribution in [1.29, 1.82) is 0 Å². The lowest BCUT2D eigenvalue weighted by molar-refractivity contribution is -0.133. The third kappa shape index (κ3) is 4.60. The van der Waals surface area contributed by atoms with Gasteiger partial charge in [-0.1, -0.05) is 0 Å². The Morgan fingerprint density at radius 3 is 2.85 bits per heavy atom. The van der Waals surface area contributed by atoms with Crippen LogP contribution in [0.25, 0.3) is 0 Å². The van der Waals surface area contributed by atoms with Gasteiger partial charge in [0.05, 0.1) is 0 Å². The summed E-state index contributed by atoms with van der Waals surface area (Å²) in [4.78, 5) is 15.1. The Labute approximate surface area is 171 Å². The number of piperidine rings is 1. The van der Waals surface area contributed by atoms with E-state index in [0.717, 1.165) is 19.6 Å². The molecule has 1 amide bonds. The van der Waals surface area contributed by atoms with Gasteiger partial charge in [-0.25, -0.2) is 0 Å². The molecule has 1 atom stereocenters. The van der Waals surface area contributed by atoms with E-state index in [1.165, 1.54) is 24.8 Å². The first kappa shape index (κ1) is 21.2. The fraction of sp³-hybridized carbons (Fsp3) is 0.556. The summed E-state index contributed by atoms with van der Waals surface area (Å²) in [5, 5.41) is 11.9. The zero-order valence-electron chi connectivity index (χ0n) is 14.7. The Morgan fingerprint density at radius 1 is 1.38 bits per heavy atom. The van der Waals surface area contributed by atoms with Crippen LogP contribution >= 0.6 is 36.2 Å². The van der Waals surface area contributed by atoms with E-state index in [0.29, 0.717) is 24.4 Å². The normalized spacial score (nSPS) is 20.1. The lowest BCUT2D eigenvalue weighted by Gasteiger charge is -2.29. The van der Waals surface area contributed by atoms with Crippen molar-refractivity contribution in [3.05, 3.63) is 40.8 Å². The second-order valence-electron chi connectivity index (χ2n) is 7.00. The van der Waals surface area contributed by atoms with Crippen LogP contribution in [0.3, 0.4) is 0 Å². The van der Waals surface area contributed by atoms with Crippen LogP contribution in [0.5, 0.6) is 0 Å². The third-order valence-corrected chi connectivity index (χ3v) is 6.22. The van der Waals surface area contributed by atoms with Gasteiger partial charge in [0.15, 0.2) is 0 Å². The standard InChI is InChI=1S/C18H24N4OS.2ClH/c23-17(2-10-21-9-1-6-20-21)22(13-15-3-11-24-14-15)16-12-18(16)4-7-19-8-5-18;;/h1,3,6,9,11,14,16,19H,2,4-5,7-8,10,12-13H2;2*1H. The molecule has 2 fully saturated rings. The fourth-order valence-corrected chi connectivity index (χ4v) is 4.63. The van der Waals surface area contributed by atoms with Crippen molar-refractivity contribution in [2.45, 2.75) is 44.8 Å². The number of thiophene rings is 1. The van der Waals surface area contributed by atoms with E-state index >= 15 is 0 Å². The molecule has 2 aromatic heterocycles. The molecule has 0 aromatic carbocycles. The van der Waals surface area contributed by atoms with E-state index in [4.69, 9.17) is 0 Å². The first-order valence-corrected chi connectivity index (χ1v) is 9.70. The van der Waals surface area contributed by atoms with Gasteiger partial charge in [-0.2, -0.15) is 16.4 Å². The maximum atomic E-state index is 12.9. The number of hydrogen-bond acceptors (Lipinski definition) is 4. The molecule has 1 unspecified atom stereocenters. The zero-order chi connectivity index (χ0) is 16.4. The number of nitrogens with zero attached hydrogens (tertiary/aromatic N) is 3. The predicted molar refractivity (Wildman–Crippen MR) is 109 cm³/mol. The molecule has 3 heterocycles. The van der Waals surface area contributed by atoms with Crippen LogP contribution in [0, 0.1) is 5.41 Å². The van der Waals surface area contributed by atoms with Gasteiger partial charge < -0.3 is 10.2 Å². The molecule has 1 aliphatic heterocycles. The molecule has 26 heavy (non-hydrogen) atoms. The molecule has 1 aliphatic carbocycles. The minimum absolute atomic E-state index is 0. The van der Waals surface area contributed by atoms with Crippen LogP contribution in [0.2, 0.25) is 0 Å². The van der Waals surface area contributed by atoms with Gasteiger partial charge in [-0.3, -0.25) is 9.48 Å². The highest BCUT2D eigenvalue weighted by Crippen LogP contribution is 2.56. The third-order valence-electron chi connectivity index (χ3n) is 5.49. The van der Waals surface area contributed by atoms with E-state index < -0.39 is 0 Å². The number of carbonyl (C=O) groups is 1. The molecule has 1 spiro atoms. The number of halogens is 2. The minimum Gasteiger partial charge on any atom is -0.335 e. The molecule has 8 heteroatoms. The molecule has 1 saturated heterocycles. The minimum atomic E-state index is 0. The van der Waals surface area contributed by atoms with Crippen LogP contribution in [-0.4, -0.2) is 39.7 Å². The molecule has 2 aliphatic rings. The van der Waals surface area contributed by atoms with Gasteiger partial charge in [0, 0.05) is 37.9 Å². The summed E-state index contributed by atoms with van der Waals surface area (Å²) < 4.78 is 1.84. The van der Waals surface area contributed by atoms with Gasteiger partial charge >= 0.3 is 0 Å². The molecule has 2 aromatic rings. The fourth-order valence-electron chi connectivity index (χ4n) is 3.97. The summed E-state index contributed by atoms with van der Waals surface area (Å²) in [6, 6.07) is 4.46. The summed E-state index contributed by atoms with van der Waals surface area (Å²) >= 11 is 1.70. The number of rotatable bonds is 6. The van der Waals surface area contributed by atoms with Gasteiger partial charge in [0.2, 0.25) is 5.91 Å². The SMILES string of the molecule is Cl.Cl.O=C(CCn1cccn1)N(Cc1ccsc1)C1CC12CCNCC2. The second kappa shape index (κ2) is 9.22. The average Bonchev–Trinajstić information content (AvgIpc) is 3.06. The quantitative estimate of drug-likeness (QED) is 0.785. The van der Waals surface area contributed by atoms with Gasteiger partial charge in [0.1, 0.15) is 0 Å². The Morgan fingerprint density at radius 2 is 2.19 bits per heavy atom. The topological polar surface area (TPSA) is 50.2 Å². The number of carbonyl (C=O) groups excluding carboxylic acids is 1. The predicted octanol–water partition coefficient (Wildman–Crippen LogP) is 3.35. The molecule has 5 nitrogen and oxygen atoms in total. The van der Waals surface area contributed by atoms with Crippen molar-refractivity contribution in [3.8, 4) is 0 Å². The Hall–Kier alpha value is -1.08. The van der Waals surface area contributed by atoms with E-state index in [2.05, 4.69) is 32.1 Å². The Kier molecular flexibility index (Phi) is 7.52. The molecular weight excluding hydrogens is 391 g/mol. The molecule has 1 saturated carbocycles. The first-order chi connectivity index (χ1) is 11.8. The summed E-state index contributed by atoms with van der Waals surface area (Å²) in [7, 11) is 0. The maximum absolute atomic E-state index is 12.9. The van der Waals surface area contributed by atoms with Crippen LogP contribution in [0.4, 0.5) is 0 Å². The molecule has 4 rings (SSSR count). The van der Waals surface area contributed by atoms with E-state index in [1.807, 2.05) is 16.9 Å². The lowest BCUT2D eigenvalue weighted by atomic mass is 9.93. The average molecular weight is 417 g/mol. The molecule has 1 N–H and O–H groups in total. The monoisotopic (exact) mass is 416 g/mol. The Balaban J connectivity index is 0.00000121. The van der Waals surface area contributed by atoms with E-state index in [-0.39, 0.29) is 30.7 Å².